The summed E-state index contributed by atoms with van der Waals surface area (Å²) in [6.45, 7) is 3.52. The third-order valence-electron chi connectivity index (χ3n) is 4.28. The highest BCUT2D eigenvalue weighted by atomic mass is 16.5. The highest BCUT2D eigenvalue weighted by Crippen LogP contribution is 2.29. The molecule has 4 heteroatoms. The number of fused-ring (bicyclic) bond motifs is 1. The normalized spacial score (nSPS) is 10.6. The lowest BCUT2D eigenvalue weighted by Crippen LogP contribution is -2.14. The van der Waals surface area contributed by atoms with E-state index in [1.807, 2.05) is 32.0 Å². The number of ether oxygens (including phenoxy) is 1. The van der Waals surface area contributed by atoms with Gasteiger partial charge < -0.3 is 9.84 Å². The number of phenols is 1. The fraction of sp³-hybridized carbons (Fsp3) is 0.143. The van der Waals surface area contributed by atoms with Crippen molar-refractivity contribution in [1.82, 2.24) is 0 Å². The molecule has 0 spiro atoms. The first-order valence-corrected chi connectivity index (χ1v) is 7.95. The van der Waals surface area contributed by atoms with E-state index in [4.69, 9.17) is 4.74 Å². The maximum absolute atomic E-state index is 12.2. The minimum atomic E-state index is -0.722. The summed E-state index contributed by atoms with van der Waals surface area (Å²) in [5.41, 5.74) is 2.64. The quantitative estimate of drug-likeness (QED) is 0.574. The van der Waals surface area contributed by atoms with Gasteiger partial charge in [-0.1, -0.05) is 42.5 Å². The van der Waals surface area contributed by atoms with Crippen LogP contribution < -0.4 is 0 Å². The number of aryl methyl sites for hydroxylation is 2. The first-order valence-electron chi connectivity index (χ1n) is 7.95. The predicted molar refractivity (Wildman–Crippen MR) is 96.1 cm³/mol. The summed E-state index contributed by atoms with van der Waals surface area (Å²) in [5, 5.41) is 11.7. The lowest BCUT2D eigenvalue weighted by Gasteiger charge is -2.09. The summed E-state index contributed by atoms with van der Waals surface area (Å²) in [7, 11) is 0. The Labute approximate surface area is 145 Å². The second-order valence-electron chi connectivity index (χ2n) is 5.98. The number of hydrogen-bond acceptors (Lipinski definition) is 4. The lowest BCUT2D eigenvalue weighted by atomic mass is 10.0. The van der Waals surface area contributed by atoms with Crippen molar-refractivity contribution in [3.8, 4) is 5.75 Å². The van der Waals surface area contributed by atoms with E-state index in [-0.39, 0.29) is 23.7 Å². The Kier molecular flexibility index (Phi) is 4.52. The Bertz CT molecular complexity index is 973. The predicted octanol–water partition coefficient (Wildman–Crippen LogP) is 4.20. The third kappa shape index (κ3) is 3.38. The Morgan fingerprint density at radius 1 is 0.960 bits per heavy atom. The van der Waals surface area contributed by atoms with Crippen LogP contribution in [0.25, 0.3) is 10.8 Å². The van der Waals surface area contributed by atoms with E-state index in [1.165, 1.54) is 6.07 Å². The topological polar surface area (TPSA) is 63.6 Å². The van der Waals surface area contributed by atoms with E-state index in [2.05, 4.69) is 0 Å². The third-order valence-corrected chi connectivity index (χ3v) is 4.28. The number of hydrogen-bond donors (Lipinski definition) is 1. The largest absolute Gasteiger partial charge is 0.506 e. The molecule has 0 unspecified atom stereocenters. The number of carbonyl (C=O) groups is 2. The number of benzene rings is 3. The van der Waals surface area contributed by atoms with Gasteiger partial charge in [-0.3, -0.25) is 4.79 Å². The van der Waals surface area contributed by atoms with Crippen LogP contribution in [0.1, 0.15) is 31.8 Å². The number of carbonyl (C=O) groups excluding carboxylic acids is 2. The maximum atomic E-state index is 12.2. The Hall–Kier alpha value is -3.14. The summed E-state index contributed by atoms with van der Waals surface area (Å²) < 4.78 is 5.10. The molecule has 4 nitrogen and oxygen atoms in total. The molecule has 3 aromatic rings. The Balaban J connectivity index is 1.75. The Morgan fingerprint density at radius 3 is 2.48 bits per heavy atom. The van der Waals surface area contributed by atoms with Gasteiger partial charge in [0.1, 0.15) is 11.3 Å². The van der Waals surface area contributed by atoms with Gasteiger partial charge in [0.05, 0.1) is 0 Å². The first-order chi connectivity index (χ1) is 12.0. The molecule has 126 valence electrons. The molecule has 0 bridgehead atoms. The van der Waals surface area contributed by atoms with Crippen LogP contribution in [-0.4, -0.2) is 23.5 Å². The van der Waals surface area contributed by atoms with Crippen molar-refractivity contribution in [3.05, 3.63) is 76.9 Å². The average molecular weight is 334 g/mol. The van der Waals surface area contributed by atoms with E-state index >= 15 is 0 Å². The van der Waals surface area contributed by atoms with E-state index < -0.39 is 5.97 Å². The highest BCUT2D eigenvalue weighted by Gasteiger charge is 2.17. The van der Waals surface area contributed by atoms with Gasteiger partial charge in [-0.25, -0.2) is 4.79 Å². The summed E-state index contributed by atoms with van der Waals surface area (Å²) in [6.07, 6.45) is 0. The molecule has 0 saturated carbocycles. The number of ketones is 1. The molecule has 0 fully saturated rings. The van der Waals surface area contributed by atoms with Crippen LogP contribution in [0.3, 0.4) is 0 Å². The number of Topliss-reactive ketones (excluding diaryl/α,β-unsaturated/α-hetero) is 1. The molecule has 0 amide bonds. The molecule has 0 atom stereocenters. The van der Waals surface area contributed by atoms with Crippen molar-refractivity contribution in [2.75, 3.05) is 6.61 Å². The number of phenolic OH excluding ortho intramolecular Hbond substituents is 1. The van der Waals surface area contributed by atoms with Gasteiger partial charge in [-0.05, 0) is 42.5 Å². The van der Waals surface area contributed by atoms with Crippen molar-refractivity contribution in [1.29, 1.82) is 0 Å². The van der Waals surface area contributed by atoms with Gasteiger partial charge in [-0.2, -0.15) is 0 Å². The van der Waals surface area contributed by atoms with Crippen molar-refractivity contribution in [2.45, 2.75) is 13.8 Å². The number of aromatic hydroxyl groups is 1. The molecular formula is C21H18O4. The van der Waals surface area contributed by atoms with Gasteiger partial charge in [0.2, 0.25) is 0 Å². The van der Waals surface area contributed by atoms with E-state index in [0.29, 0.717) is 10.9 Å². The lowest BCUT2D eigenvalue weighted by molar-refractivity contribution is 0.0472. The molecule has 0 radical (unpaired) electrons. The molecule has 0 saturated heterocycles. The molecule has 0 aliphatic carbocycles. The summed E-state index contributed by atoms with van der Waals surface area (Å²) >= 11 is 0. The van der Waals surface area contributed by atoms with Gasteiger partial charge in [0, 0.05) is 10.9 Å². The van der Waals surface area contributed by atoms with Crippen LogP contribution >= 0.6 is 0 Å². The van der Waals surface area contributed by atoms with Gasteiger partial charge >= 0.3 is 5.97 Å². The summed E-state index contributed by atoms with van der Waals surface area (Å²) in [4.78, 5) is 24.4. The van der Waals surface area contributed by atoms with Gasteiger partial charge in [0.15, 0.2) is 12.4 Å². The smallest absolute Gasteiger partial charge is 0.342 e. The average Bonchev–Trinajstić information content (AvgIpc) is 2.62. The van der Waals surface area contributed by atoms with Crippen LogP contribution in [0.5, 0.6) is 5.75 Å². The van der Waals surface area contributed by atoms with E-state index in [1.54, 1.807) is 30.3 Å². The zero-order valence-corrected chi connectivity index (χ0v) is 14.1. The molecule has 1 N–H and O–H groups in total. The maximum Gasteiger partial charge on any atom is 0.342 e. The van der Waals surface area contributed by atoms with E-state index in [9.17, 15) is 14.7 Å². The molecule has 0 aliphatic rings. The molecular weight excluding hydrogens is 316 g/mol. The minimum absolute atomic E-state index is 0.0478. The minimum Gasteiger partial charge on any atom is -0.506 e. The Morgan fingerprint density at radius 2 is 1.72 bits per heavy atom. The standard InChI is InChI=1S/C21H18O4/c1-13-7-8-16(11-14(13)2)19(22)12-25-21(24)18-10-9-15-5-3-4-6-17(15)20(18)23/h3-11,23H,12H2,1-2H3. The van der Waals surface area contributed by atoms with Crippen LogP contribution in [0.2, 0.25) is 0 Å². The van der Waals surface area contributed by atoms with Crippen LogP contribution in [-0.2, 0) is 4.74 Å². The van der Waals surface area contributed by atoms with Crippen LogP contribution in [0.15, 0.2) is 54.6 Å². The molecule has 25 heavy (non-hydrogen) atoms. The number of rotatable bonds is 4. The molecule has 0 aliphatic heterocycles. The molecule has 3 aromatic carbocycles. The fourth-order valence-corrected chi connectivity index (χ4v) is 2.63. The van der Waals surface area contributed by atoms with Crippen LogP contribution in [0, 0.1) is 13.8 Å². The second-order valence-corrected chi connectivity index (χ2v) is 5.98. The fourth-order valence-electron chi connectivity index (χ4n) is 2.63. The zero-order chi connectivity index (χ0) is 18.0. The molecule has 3 rings (SSSR count). The molecule has 0 heterocycles. The van der Waals surface area contributed by atoms with Gasteiger partial charge in [0.25, 0.3) is 0 Å². The monoisotopic (exact) mass is 334 g/mol. The van der Waals surface area contributed by atoms with Crippen molar-refractivity contribution in [2.24, 2.45) is 0 Å². The highest BCUT2D eigenvalue weighted by molar-refractivity contribution is 6.03. The summed E-state index contributed by atoms with van der Waals surface area (Å²) in [6, 6.07) is 15.8. The van der Waals surface area contributed by atoms with Crippen LogP contribution in [0.4, 0.5) is 0 Å². The van der Waals surface area contributed by atoms with Crippen molar-refractivity contribution < 1.29 is 19.4 Å². The van der Waals surface area contributed by atoms with Crippen molar-refractivity contribution >= 4 is 22.5 Å². The number of esters is 1. The van der Waals surface area contributed by atoms with E-state index in [0.717, 1.165) is 16.5 Å². The SMILES string of the molecule is Cc1ccc(C(=O)COC(=O)c2ccc3ccccc3c2O)cc1C. The zero-order valence-electron chi connectivity index (χ0n) is 14.1. The summed E-state index contributed by atoms with van der Waals surface area (Å²) in [5.74, 6) is -1.14. The molecule has 0 aromatic heterocycles. The van der Waals surface area contributed by atoms with Crippen molar-refractivity contribution in [3.63, 3.8) is 0 Å². The second kappa shape index (κ2) is 6.77. The van der Waals surface area contributed by atoms with Gasteiger partial charge in [-0.15, -0.1) is 0 Å². The first kappa shape index (κ1) is 16.7.